The van der Waals surface area contributed by atoms with Crippen molar-refractivity contribution in [2.75, 3.05) is 11.9 Å². The topological polar surface area (TPSA) is 115 Å². The number of amides is 1. The molecule has 144 valence electrons. The smallest absolute Gasteiger partial charge is 0.413 e. The lowest BCUT2D eigenvalue weighted by atomic mass is 10.0. The second-order valence-electron chi connectivity index (χ2n) is 6.71. The van der Waals surface area contributed by atoms with Crippen molar-refractivity contribution in [1.29, 1.82) is 0 Å². The van der Waals surface area contributed by atoms with Crippen LogP contribution in [0.15, 0.2) is 18.3 Å². The number of nitrogens with zero attached hydrogens (tertiary/aromatic N) is 1. The number of ether oxygens (including phenoxy) is 2. The molecule has 0 aliphatic carbocycles. The number of esters is 1. The van der Waals surface area contributed by atoms with Crippen molar-refractivity contribution in [2.45, 2.75) is 52.6 Å². The molecule has 0 saturated carbocycles. The third-order valence-corrected chi connectivity index (χ3v) is 3.28. The molecule has 0 aliphatic rings. The summed E-state index contributed by atoms with van der Waals surface area (Å²) in [5, 5.41) is 11.6. The fourth-order valence-electron chi connectivity index (χ4n) is 2.15. The van der Waals surface area contributed by atoms with E-state index in [0.717, 1.165) is 5.56 Å². The van der Waals surface area contributed by atoms with E-state index in [2.05, 4.69) is 10.3 Å². The van der Waals surface area contributed by atoms with Gasteiger partial charge in [0.25, 0.3) is 0 Å². The van der Waals surface area contributed by atoms with E-state index in [1.54, 1.807) is 46.0 Å². The number of aliphatic carboxylic acids is 1. The van der Waals surface area contributed by atoms with Crippen molar-refractivity contribution in [2.24, 2.45) is 5.92 Å². The second-order valence-corrected chi connectivity index (χ2v) is 6.71. The molecule has 1 atom stereocenters. The SMILES string of the molecule is CCOC(=O)C(CCCc1ccc(NC(=O)OC(C)(C)C)nc1)C(=O)O. The van der Waals surface area contributed by atoms with Crippen molar-refractivity contribution < 1.29 is 29.0 Å². The Labute approximate surface area is 152 Å². The zero-order valence-corrected chi connectivity index (χ0v) is 15.6. The molecule has 1 unspecified atom stereocenters. The van der Waals surface area contributed by atoms with Gasteiger partial charge in [-0.1, -0.05) is 6.07 Å². The first kappa shape index (κ1) is 21.4. The van der Waals surface area contributed by atoms with E-state index in [1.807, 2.05) is 0 Å². The number of aryl methyl sites for hydroxylation is 1. The van der Waals surface area contributed by atoms with Crippen molar-refractivity contribution in [3.63, 3.8) is 0 Å². The number of aromatic nitrogens is 1. The predicted molar refractivity (Wildman–Crippen MR) is 94.8 cm³/mol. The minimum Gasteiger partial charge on any atom is -0.481 e. The van der Waals surface area contributed by atoms with Crippen LogP contribution in [0.5, 0.6) is 0 Å². The lowest BCUT2D eigenvalue weighted by Gasteiger charge is -2.19. The molecule has 1 aromatic heterocycles. The van der Waals surface area contributed by atoms with Crippen LogP contribution in [0.2, 0.25) is 0 Å². The van der Waals surface area contributed by atoms with Gasteiger partial charge in [0, 0.05) is 6.20 Å². The average Bonchev–Trinajstić information content (AvgIpc) is 2.51. The third kappa shape index (κ3) is 7.96. The first-order chi connectivity index (χ1) is 12.1. The lowest BCUT2D eigenvalue weighted by Crippen LogP contribution is -2.27. The van der Waals surface area contributed by atoms with Crippen LogP contribution >= 0.6 is 0 Å². The Morgan fingerprint density at radius 3 is 2.46 bits per heavy atom. The van der Waals surface area contributed by atoms with E-state index in [4.69, 9.17) is 14.6 Å². The number of pyridine rings is 1. The highest BCUT2D eigenvalue weighted by Crippen LogP contribution is 2.15. The second kappa shape index (κ2) is 9.74. The van der Waals surface area contributed by atoms with E-state index in [1.165, 1.54) is 0 Å². The van der Waals surface area contributed by atoms with Crippen LogP contribution < -0.4 is 5.32 Å². The Balaban J connectivity index is 2.50. The van der Waals surface area contributed by atoms with Gasteiger partial charge in [-0.2, -0.15) is 0 Å². The molecule has 26 heavy (non-hydrogen) atoms. The van der Waals surface area contributed by atoms with Crippen molar-refractivity contribution in [1.82, 2.24) is 4.98 Å². The molecule has 0 spiro atoms. The van der Waals surface area contributed by atoms with E-state index in [-0.39, 0.29) is 13.0 Å². The zero-order chi connectivity index (χ0) is 19.7. The van der Waals surface area contributed by atoms with Gasteiger partial charge in [-0.3, -0.25) is 14.9 Å². The summed E-state index contributed by atoms with van der Waals surface area (Å²) >= 11 is 0. The molecule has 1 heterocycles. The fourth-order valence-corrected chi connectivity index (χ4v) is 2.15. The van der Waals surface area contributed by atoms with Gasteiger partial charge in [0.2, 0.25) is 0 Å². The number of anilines is 1. The molecule has 0 fully saturated rings. The van der Waals surface area contributed by atoms with Crippen LogP contribution in [-0.4, -0.2) is 40.3 Å². The normalized spacial score (nSPS) is 12.2. The van der Waals surface area contributed by atoms with Gasteiger partial charge in [-0.15, -0.1) is 0 Å². The van der Waals surface area contributed by atoms with Gasteiger partial charge in [-0.25, -0.2) is 9.78 Å². The number of carboxylic acid groups (broad SMARTS) is 1. The number of carbonyl (C=O) groups excluding carboxylic acids is 2. The maximum Gasteiger partial charge on any atom is 0.413 e. The summed E-state index contributed by atoms with van der Waals surface area (Å²) in [4.78, 5) is 38.5. The van der Waals surface area contributed by atoms with Crippen LogP contribution in [0.4, 0.5) is 10.6 Å². The number of carboxylic acids is 1. The molecule has 0 bridgehead atoms. The molecule has 8 nitrogen and oxygen atoms in total. The van der Waals surface area contributed by atoms with Crippen molar-refractivity contribution >= 4 is 23.8 Å². The van der Waals surface area contributed by atoms with Gasteiger partial charge < -0.3 is 14.6 Å². The minimum absolute atomic E-state index is 0.151. The molecule has 0 aromatic carbocycles. The third-order valence-electron chi connectivity index (χ3n) is 3.28. The lowest BCUT2D eigenvalue weighted by molar-refractivity contribution is -0.158. The van der Waals surface area contributed by atoms with Gasteiger partial charge in [0.05, 0.1) is 6.61 Å². The zero-order valence-electron chi connectivity index (χ0n) is 15.6. The van der Waals surface area contributed by atoms with Crippen LogP contribution in [0, 0.1) is 5.92 Å². The first-order valence-electron chi connectivity index (χ1n) is 8.46. The van der Waals surface area contributed by atoms with Crippen molar-refractivity contribution in [3.8, 4) is 0 Å². The number of rotatable bonds is 8. The summed E-state index contributed by atoms with van der Waals surface area (Å²) in [5.74, 6) is -2.69. The summed E-state index contributed by atoms with van der Waals surface area (Å²) in [6, 6.07) is 3.42. The molecule has 1 aromatic rings. The van der Waals surface area contributed by atoms with Gasteiger partial charge >= 0.3 is 18.0 Å². The van der Waals surface area contributed by atoms with Crippen LogP contribution in [0.3, 0.4) is 0 Å². The summed E-state index contributed by atoms with van der Waals surface area (Å²) in [5.41, 5.74) is 0.275. The molecule has 8 heteroatoms. The first-order valence-corrected chi connectivity index (χ1v) is 8.46. The number of carbonyl (C=O) groups is 3. The number of nitrogens with one attached hydrogen (secondary N) is 1. The predicted octanol–water partition coefficient (Wildman–Crippen LogP) is 3.02. The largest absolute Gasteiger partial charge is 0.481 e. The van der Waals surface area contributed by atoms with E-state index >= 15 is 0 Å². The summed E-state index contributed by atoms with van der Waals surface area (Å²) < 4.78 is 9.91. The Bertz CT molecular complexity index is 622. The van der Waals surface area contributed by atoms with E-state index in [9.17, 15) is 14.4 Å². The molecule has 1 rings (SSSR count). The van der Waals surface area contributed by atoms with E-state index in [0.29, 0.717) is 18.7 Å². The van der Waals surface area contributed by atoms with E-state index < -0.39 is 29.6 Å². The Morgan fingerprint density at radius 2 is 1.96 bits per heavy atom. The summed E-state index contributed by atoms with van der Waals surface area (Å²) in [7, 11) is 0. The minimum atomic E-state index is -1.18. The molecule has 0 saturated heterocycles. The fraction of sp³-hybridized carbons (Fsp3) is 0.556. The molecule has 2 N–H and O–H groups in total. The molecule has 1 amide bonds. The molecule has 0 aliphatic heterocycles. The highest BCUT2D eigenvalue weighted by atomic mass is 16.6. The van der Waals surface area contributed by atoms with Gasteiger partial charge in [-0.05, 0) is 58.6 Å². The Hall–Kier alpha value is -2.64. The maximum absolute atomic E-state index is 11.7. The standard InChI is InChI=1S/C18H26N2O6/c1-5-25-16(23)13(15(21)22)8-6-7-12-9-10-14(19-11-12)20-17(24)26-18(2,3)4/h9-11,13H,5-8H2,1-4H3,(H,21,22)(H,19,20,24). The average molecular weight is 366 g/mol. The Kier molecular flexibility index (Phi) is 8.02. The number of hydrogen-bond acceptors (Lipinski definition) is 6. The summed E-state index contributed by atoms with van der Waals surface area (Å²) in [6.45, 7) is 7.09. The Morgan fingerprint density at radius 1 is 1.27 bits per heavy atom. The highest BCUT2D eigenvalue weighted by molar-refractivity contribution is 5.93. The van der Waals surface area contributed by atoms with Crippen LogP contribution in [0.25, 0.3) is 0 Å². The highest BCUT2D eigenvalue weighted by Gasteiger charge is 2.26. The van der Waals surface area contributed by atoms with Gasteiger partial charge in [0.15, 0.2) is 5.92 Å². The monoisotopic (exact) mass is 366 g/mol. The molecule has 0 radical (unpaired) electrons. The quantitative estimate of drug-likeness (QED) is 0.537. The maximum atomic E-state index is 11.7. The van der Waals surface area contributed by atoms with Crippen LogP contribution in [-0.2, 0) is 25.5 Å². The van der Waals surface area contributed by atoms with Crippen LogP contribution in [0.1, 0.15) is 46.1 Å². The van der Waals surface area contributed by atoms with Crippen molar-refractivity contribution in [3.05, 3.63) is 23.9 Å². The molecular formula is C18H26N2O6. The molecular weight excluding hydrogens is 340 g/mol. The van der Waals surface area contributed by atoms with Gasteiger partial charge in [0.1, 0.15) is 11.4 Å². The summed E-state index contributed by atoms with van der Waals surface area (Å²) in [6.07, 6.45) is 2.24. The number of hydrogen-bond donors (Lipinski definition) is 2.